The van der Waals surface area contributed by atoms with Crippen molar-refractivity contribution in [2.45, 2.75) is 12.6 Å². The first-order chi connectivity index (χ1) is 11.8. The van der Waals surface area contributed by atoms with Crippen LogP contribution in [0.2, 0.25) is 0 Å². The van der Waals surface area contributed by atoms with Crippen LogP contribution in [0.3, 0.4) is 0 Å². The molecule has 4 rings (SSSR count). The molecule has 1 N–H and O–H groups in total. The Balaban J connectivity index is 1.47. The third kappa shape index (κ3) is 2.84. The SMILES string of the molecule is O[C@@H](COc1cccc2ccccc12)Cn1cnc2ccccc21. The van der Waals surface area contributed by atoms with Crippen LogP contribution in [0, 0.1) is 0 Å². The van der Waals surface area contributed by atoms with E-state index in [2.05, 4.69) is 17.1 Å². The van der Waals surface area contributed by atoms with Crippen LogP contribution in [-0.2, 0) is 6.54 Å². The van der Waals surface area contributed by atoms with E-state index in [-0.39, 0.29) is 6.61 Å². The molecular formula is C20H18N2O2. The van der Waals surface area contributed by atoms with Gasteiger partial charge in [-0.25, -0.2) is 4.98 Å². The van der Waals surface area contributed by atoms with E-state index in [1.165, 1.54) is 0 Å². The number of benzene rings is 3. The molecule has 0 radical (unpaired) electrons. The van der Waals surface area contributed by atoms with Crippen molar-refractivity contribution in [2.24, 2.45) is 0 Å². The van der Waals surface area contributed by atoms with Gasteiger partial charge in [-0.1, -0.05) is 48.5 Å². The molecular weight excluding hydrogens is 300 g/mol. The number of imidazole rings is 1. The Morgan fingerprint density at radius 3 is 2.71 bits per heavy atom. The second kappa shape index (κ2) is 6.34. The third-order valence-corrected chi connectivity index (χ3v) is 4.12. The summed E-state index contributed by atoms with van der Waals surface area (Å²) in [6, 6.07) is 21.9. The first-order valence-corrected chi connectivity index (χ1v) is 8.00. The number of fused-ring (bicyclic) bond motifs is 2. The number of para-hydroxylation sites is 2. The highest BCUT2D eigenvalue weighted by Crippen LogP contribution is 2.25. The fourth-order valence-corrected chi connectivity index (χ4v) is 2.94. The molecule has 1 aromatic heterocycles. The first kappa shape index (κ1) is 14.7. The van der Waals surface area contributed by atoms with Gasteiger partial charge in [0, 0.05) is 5.39 Å². The zero-order valence-electron chi connectivity index (χ0n) is 13.2. The van der Waals surface area contributed by atoms with Crippen molar-refractivity contribution in [1.82, 2.24) is 9.55 Å². The molecule has 0 fully saturated rings. The molecule has 0 aliphatic carbocycles. The molecule has 4 heteroatoms. The van der Waals surface area contributed by atoms with Gasteiger partial charge in [-0.15, -0.1) is 0 Å². The van der Waals surface area contributed by atoms with Crippen LogP contribution in [0.4, 0.5) is 0 Å². The molecule has 0 aliphatic heterocycles. The molecule has 4 nitrogen and oxygen atoms in total. The van der Waals surface area contributed by atoms with Gasteiger partial charge in [-0.05, 0) is 23.6 Å². The van der Waals surface area contributed by atoms with Gasteiger partial charge in [0.15, 0.2) is 0 Å². The van der Waals surface area contributed by atoms with Gasteiger partial charge < -0.3 is 14.4 Å². The van der Waals surface area contributed by atoms with Crippen molar-refractivity contribution in [1.29, 1.82) is 0 Å². The van der Waals surface area contributed by atoms with Crippen LogP contribution in [-0.4, -0.2) is 27.4 Å². The van der Waals surface area contributed by atoms with E-state index in [4.69, 9.17) is 4.74 Å². The van der Waals surface area contributed by atoms with E-state index in [1.807, 2.05) is 59.2 Å². The third-order valence-electron chi connectivity index (χ3n) is 4.12. The van der Waals surface area contributed by atoms with Crippen LogP contribution in [0.1, 0.15) is 0 Å². The first-order valence-electron chi connectivity index (χ1n) is 8.00. The van der Waals surface area contributed by atoms with Crippen LogP contribution < -0.4 is 4.74 Å². The predicted octanol–water partition coefficient (Wildman–Crippen LogP) is 3.63. The second-order valence-electron chi connectivity index (χ2n) is 5.83. The molecule has 3 aromatic carbocycles. The van der Waals surface area contributed by atoms with Crippen molar-refractivity contribution in [3.63, 3.8) is 0 Å². The zero-order valence-corrected chi connectivity index (χ0v) is 13.2. The molecule has 0 bridgehead atoms. The minimum absolute atomic E-state index is 0.237. The fourth-order valence-electron chi connectivity index (χ4n) is 2.94. The van der Waals surface area contributed by atoms with Crippen LogP contribution in [0.25, 0.3) is 21.8 Å². The zero-order chi connectivity index (χ0) is 16.4. The largest absolute Gasteiger partial charge is 0.490 e. The molecule has 0 amide bonds. The number of nitrogens with zero attached hydrogens (tertiary/aromatic N) is 2. The summed E-state index contributed by atoms with van der Waals surface area (Å²) in [5, 5.41) is 12.5. The number of hydrogen-bond acceptors (Lipinski definition) is 3. The summed E-state index contributed by atoms with van der Waals surface area (Å²) in [7, 11) is 0. The highest BCUT2D eigenvalue weighted by Gasteiger charge is 2.10. The summed E-state index contributed by atoms with van der Waals surface area (Å²) in [5.41, 5.74) is 1.95. The number of hydrogen-bond donors (Lipinski definition) is 1. The lowest BCUT2D eigenvalue weighted by Crippen LogP contribution is -2.23. The van der Waals surface area contributed by atoms with Crippen LogP contribution in [0.15, 0.2) is 73.1 Å². The van der Waals surface area contributed by atoms with Crippen LogP contribution in [0.5, 0.6) is 5.75 Å². The Kier molecular flexibility index (Phi) is 3.89. The Bertz CT molecular complexity index is 972. The summed E-state index contributed by atoms with van der Waals surface area (Å²) in [6.07, 6.45) is 1.15. The standard InChI is InChI=1S/C20H18N2O2/c23-16(12-22-14-21-18-9-3-4-10-19(18)22)13-24-20-11-5-7-15-6-1-2-8-17(15)20/h1-11,14,16,23H,12-13H2/t16-/m1/s1. The van der Waals surface area contributed by atoms with E-state index in [0.29, 0.717) is 6.54 Å². The Morgan fingerprint density at radius 2 is 1.75 bits per heavy atom. The van der Waals surface area contributed by atoms with Crippen molar-refractivity contribution in [3.8, 4) is 5.75 Å². The molecule has 120 valence electrons. The quantitative estimate of drug-likeness (QED) is 0.611. The predicted molar refractivity (Wildman–Crippen MR) is 95.2 cm³/mol. The summed E-state index contributed by atoms with van der Waals surface area (Å²) < 4.78 is 7.81. The number of aromatic nitrogens is 2. The van der Waals surface area contributed by atoms with Gasteiger partial charge in [0.25, 0.3) is 0 Å². The lowest BCUT2D eigenvalue weighted by Gasteiger charge is -2.15. The maximum Gasteiger partial charge on any atom is 0.127 e. The molecule has 0 saturated heterocycles. The molecule has 0 saturated carbocycles. The Labute approximate surface area is 139 Å². The molecule has 1 atom stereocenters. The van der Waals surface area contributed by atoms with Gasteiger partial charge in [0.2, 0.25) is 0 Å². The smallest absolute Gasteiger partial charge is 0.127 e. The number of aliphatic hydroxyl groups is 1. The molecule has 0 aliphatic rings. The number of rotatable bonds is 5. The minimum atomic E-state index is -0.610. The van der Waals surface area contributed by atoms with E-state index in [1.54, 1.807) is 6.33 Å². The van der Waals surface area contributed by atoms with Crippen molar-refractivity contribution >= 4 is 21.8 Å². The molecule has 4 aromatic rings. The fraction of sp³-hybridized carbons (Fsp3) is 0.150. The minimum Gasteiger partial charge on any atom is -0.490 e. The lowest BCUT2D eigenvalue weighted by atomic mass is 10.1. The van der Waals surface area contributed by atoms with E-state index in [0.717, 1.165) is 27.6 Å². The Hall–Kier alpha value is -2.85. The van der Waals surface area contributed by atoms with E-state index < -0.39 is 6.10 Å². The summed E-state index contributed by atoms with van der Waals surface area (Å²) in [4.78, 5) is 4.34. The Morgan fingerprint density at radius 1 is 0.958 bits per heavy atom. The average Bonchev–Trinajstić information content (AvgIpc) is 3.03. The topological polar surface area (TPSA) is 47.3 Å². The second-order valence-corrected chi connectivity index (χ2v) is 5.83. The van der Waals surface area contributed by atoms with Crippen LogP contribution >= 0.6 is 0 Å². The van der Waals surface area contributed by atoms with Gasteiger partial charge in [0.05, 0.1) is 23.9 Å². The van der Waals surface area contributed by atoms with Crippen molar-refractivity contribution in [2.75, 3.05) is 6.61 Å². The number of ether oxygens (including phenoxy) is 1. The molecule has 0 spiro atoms. The maximum atomic E-state index is 10.3. The highest BCUT2D eigenvalue weighted by atomic mass is 16.5. The maximum absolute atomic E-state index is 10.3. The molecule has 1 heterocycles. The molecule has 24 heavy (non-hydrogen) atoms. The summed E-state index contributed by atoms with van der Waals surface area (Å²) in [5.74, 6) is 0.794. The van der Waals surface area contributed by atoms with Gasteiger partial charge in [-0.2, -0.15) is 0 Å². The van der Waals surface area contributed by atoms with Crippen molar-refractivity contribution < 1.29 is 9.84 Å². The number of aliphatic hydroxyl groups excluding tert-OH is 1. The monoisotopic (exact) mass is 318 g/mol. The van der Waals surface area contributed by atoms with E-state index >= 15 is 0 Å². The summed E-state index contributed by atoms with van der Waals surface area (Å²) in [6.45, 7) is 0.686. The van der Waals surface area contributed by atoms with Gasteiger partial charge in [-0.3, -0.25) is 0 Å². The van der Waals surface area contributed by atoms with Gasteiger partial charge in [0.1, 0.15) is 18.5 Å². The average molecular weight is 318 g/mol. The normalized spacial score (nSPS) is 12.5. The van der Waals surface area contributed by atoms with Crippen molar-refractivity contribution in [3.05, 3.63) is 73.1 Å². The lowest BCUT2D eigenvalue weighted by molar-refractivity contribution is 0.0942. The molecule has 0 unspecified atom stereocenters. The highest BCUT2D eigenvalue weighted by molar-refractivity contribution is 5.88. The summed E-state index contributed by atoms with van der Waals surface area (Å²) >= 11 is 0. The van der Waals surface area contributed by atoms with Gasteiger partial charge >= 0.3 is 0 Å². The van der Waals surface area contributed by atoms with E-state index in [9.17, 15) is 5.11 Å².